The van der Waals surface area contributed by atoms with Gasteiger partial charge >= 0.3 is 0 Å². The molecule has 0 aromatic carbocycles. The Morgan fingerprint density at radius 2 is 2.27 bits per heavy atom. The number of carbonyl (C=O) groups is 1. The van der Waals surface area contributed by atoms with E-state index in [0.29, 0.717) is 19.1 Å². The summed E-state index contributed by atoms with van der Waals surface area (Å²) in [6.45, 7) is 2.69. The van der Waals surface area contributed by atoms with Gasteiger partial charge in [-0.05, 0) is 18.8 Å². The summed E-state index contributed by atoms with van der Waals surface area (Å²) in [7, 11) is 1.63. The summed E-state index contributed by atoms with van der Waals surface area (Å²) >= 11 is 0. The maximum Gasteiger partial charge on any atom is 0.234 e. The molecule has 0 saturated carbocycles. The van der Waals surface area contributed by atoms with Crippen LogP contribution in [0, 0.1) is 5.92 Å². The normalized spacial score (nSPS) is 20.1. The second-order valence-electron chi connectivity index (χ2n) is 3.78. The van der Waals surface area contributed by atoms with E-state index in [0.717, 1.165) is 26.1 Å². The van der Waals surface area contributed by atoms with Crippen LogP contribution in [0.15, 0.2) is 0 Å². The third kappa shape index (κ3) is 4.15. The molecule has 1 aliphatic heterocycles. The minimum Gasteiger partial charge on any atom is -0.383 e. The highest BCUT2D eigenvalue weighted by atomic mass is 16.5. The maximum atomic E-state index is 11.3. The van der Waals surface area contributed by atoms with Gasteiger partial charge in [-0.25, -0.2) is 0 Å². The van der Waals surface area contributed by atoms with Gasteiger partial charge < -0.3 is 20.5 Å². The van der Waals surface area contributed by atoms with E-state index in [1.807, 2.05) is 0 Å². The molecule has 0 aliphatic carbocycles. The molecule has 0 bridgehead atoms. The van der Waals surface area contributed by atoms with E-state index >= 15 is 0 Å². The number of hydrogen-bond donors (Lipinski definition) is 2. The lowest BCUT2D eigenvalue weighted by molar-refractivity contribution is -0.122. The molecule has 1 saturated heterocycles. The van der Waals surface area contributed by atoms with E-state index in [4.69, 9.17) is 15.2 Å². The van der Waals surface area contributed by atoms with Crippen LogP contribution in [0.3, 0.4) is 0 Å². The first-order chi connectivity index (χ1) is 7.25. The molecule has 3 N–H and O–H groups in total. The number of nitrogens with two attached hydrogens (primary N) is 1. The summed E-state index contributed by atoms with van der Waals surface area (Å²) in [5.41, 5.74) is 5.37. The van der Waals surface area contributed by atoms with Crippen molar-refractivity contribution in [2.75, 3.05) is 33.5 Å². The van der Waals surface area contributed by atoms with Crippen molar-refractivity contribution in [1.29, 1.82) is 0 Å². The van der Waals surface area contributed by atoms with Gasteiger partial charge in [-0.2, -0.15) is 0 Å². The van der Waals surface area contributed by atoms with Crippen LogP contribution in [0.4, 0.5) is 0 Å². The molecule has 1 fully saturated rings. The van der Waals surface area contributed by atoms with E-state index in [1.165, 1.54) is 0 Å². The number of nitrogens with one attached hydrogen (secondary N) is 1. The maximum absolute atomic E-state index is 11.3. The van der Waals surface area contributed by atoms with Crippen molar-refractivity contribution < 1.29 is 14.3 Å². The van der Waals surface area contributed by atoms with Crippen LogP contribution in [-0.4, -0.2) is 45.4 Å². The van der Waals surface area contributed by atoms with Gasteiger partial charge in [-0.15, -0.1) is 0 Å². The second kappa shape index (κ2) is 6.76. The zero-order chi connectivity index (χ0) is 11.1. The van der Waals surface area contributed by atoms with E-state index in [9.17, 15) is 4.79 Å². The van der Waals surface area contributed by atoms with Gasteiger partial charge in [0.15, 0.2) is 0 Å². The van der Waals surface area contributed by atoms with Crippen molar-refractivity contribution in [2.45, 2.75) is 18.9 Å². The van der Waals surface area contributed by atoms with Crippen molar-refractivity contribution in [3.8, 4) is 0 Å². The Morgan fingerprint density at radius 1 is 1.60 bits per heavy atom. The average Bonchev–Trinajstić information content (AvgIpc) is 2.25. The van der Waals surface area contributed by atoms with Crippen LogP contribution in [-0.2, 0) is 14.3 Å². The first kappa shape index (κ1) is 12.4. The number of amides is 1. The first-order valence-electron chi connectivity index (χ1n) is 5.35. The Balaban J connectivity index is 2.37. The van der Waals surface area contributed by atoms with Gasteiger partial charge in [0.2, 0.25) is 5.91 Å². The lowest BCUT2D eigenvalue weighted by atomic mass is 9.91. The number of hydrogen-bond acceptors (Lipinski definition) is 4. The summed E-state index contributed by atoms with van der Waals surface area (Å²) in [5, 5.41) is 3.13. The first-order valence-corrected chi connectivity index (χ1v) is 5.35. The van der Waals surface area contributed by atoms with Crippen LogP contribution in [0.1, 0.15) is 12.8 Å². The van der Waals surface area contributed by atoms with Crippen molar-refractivity contribution >= 4 is 5.91 Å². The van der Waals surface area contributed by atoms with Crippen molar-refractivity contribution in [3.05, 3.63) is 0 Å². The van der Waals surface area contributed by atoms with E-state index in [1.54, 1.807) is 7.11 Å². The SMILES string of the molecule is COCCNC(C(N)=O)C1CCOCC1. The van der Waals surface area contributed by atoms with E-state index in [2.05, 4.69) is 5.32 Å². The predicted octanol–water partition coefficient (Wildman–Crippen LogP) is -0.497. The van der Waals surface area contributed by atoms with E-state index in [-0.39, 0.29) is 11.9 Å². The molecule has 88 valence electrons. The summed E-state index contributed by atoms with van der Waals surface area (Å²) in [4.78, 5) is 11.3. The highest BCUT2D eigenvalue weighted by Gasteiger charge is 2.27. The molecule has 15 heavy (non-hydrogen) atoms. The topological polar surface area (TPSA) is 73.6 Å². The van der Waals surface area contributed by atoms with Crippen LogP contribution in [0.2, 0.25) is 0 Å². The second-order valence-corrected chi connectivity index (χ2v) is 3.78. The highest BCUT2D eigenvalue weighted by molar-refractivity contribution is 5.80. The van der Waals surface area contributed by atoms with Crippen molar-refractivity contribution in [1.82, 2.24) is 5.32 Å². The molecule has 1 heterocycles. The van der Waals surface area contributed by atoms with Crippen LogP contribution < -0.4 is 11.1 Å². The molecule has 1 atom stereocenters. The summed E-state index contributed by atoms with van der Waals surface area (Å²) in [6, 6.07) is -0.246. The molecule has 1 rings (SSSR count). The molecule has 0 aromatic rings. The Kier molecular flexibility index (Phi) is 5.60. The fraction of sp³-hybridized carbons (Fsp3) is 0.900. The van der Waals surface area contributed by atoms with Crippen LogP contribution in [0.5, 0.6) is 0 Å². The van der Waals surface area contributed by atoms with Crippen molar-refractivity contribution in [2.24, 2.45) is 11.7 Å². The Morgan fingerprint density at radius 3 is 2.80 bits per heavy atom. The molecular formula is C10H20N2O3. The molecule has 1 amide bonds. The van der Waals surface area contributed by atoms with Crippen molar-refractivity contribution in [3.63, 3.8) is 0 Å². The number of carbonyl (C=O) groups excluding carboxylic acids is 1. The van der Waals surface area contributed by atoms with Gasteiger partial charge in [0, 0.05) is 26.9 Å². The molecule has 0 radical (unpaired) electrons. The third-order valence-electron chi connectivity index (χ3n) is 2.71. The largest absolute Gasteiger partial charge is 0.383 e. The standard InChI is InChI=1S/C10H20N2O3/c1-14-7-4-12-9(10(11)13)8-2-5-15-6-3-8/h8-9,12H,2-7H2,1H3,(H2,11,13). The smallest absolute Gasteiger partial charge is 0.234 e. The Bertz CT molecular complexity index is 193. The number of rotatable bonds is 6. The van der Waals surface area contributed by atoms with Gasteiger partial charge in [-0.1, -0.05) is 0 Å². The molecule has 1 aliphatic rings. The molecule has 0 aromatic heterocycles. The number of methoxy groups -OCH3 is 1. The fourth-order valence-electron chi connectivity index (χ4n) is 1.87. The third-order valence-corrected chi connectivity index (χ3v) is 2.71. The molecule has 1 unspecified atom stereocenters. The Hall–Kier alpha value is -0.650. The zero-order valence-electron chi connectivity index (χ0n) is 9.20. The minimum absolute atomic E-state index is 0.246. The lowest BCUT2D eigenvalue weighted by Crippen LogP contribution is -2.49. The molecule has 0 spiro atoms. The van der Waals surface area contributed by atoms with Crippen LogP contribution >= 0.6 is 0 Å². The van der Waals surface area contributed by atoms with Gasteiger partial charge in [0.25, 0.3) is 0 Å². The summed E-state index contributed by atoms with van der Waals surface area (Å²) in [6.07, 6.45) is 1.79. The van der Waals surface area contributed by atoms with Gasteiger partial charge in [-0.3, -0.25) is 4.79 Å². The molecular weight excluding hydrogens is 196 g/mol. The lowest BCUT2D eigenvalue weighted by Gasteiger charge is -2.28. The van der Waals surface area contributed by atoms with Gasteiger partial charge in [0.1, 0.15) is 0 Å². The summed E-state index contributed by atoms with van der Waals surface area (Å²) in [5.74, 6) is 0.0195. The van der Waals surface area contributed by atoms with Crippen LogP contribution in [0.25, 0.3) is 0 Å². The number of ether oxygens (including phenoxy) is 2. The molecule has 5 nitrogen and oxygen atoms in total. The fourth-order valence-corrected chi connectivity index (χ4v) is 1.87. The monoisotopic (exact) mass is 216 g/mol. The highest BCUT2D eigenvalue weighted by Crippen LogP contribution is 2.18. The summed E-state index contributed by atoms with van der Waals surface area (Å²) < 4.78 is 10.2. The van der Waals surface area contributed by atoms with E-state index < -0.39 is 0 Å². The predicted molar refractivity (Wildman–Crippen MR) is 56.4 cm³/mol. The average molecular weight is 216 g/mol. The van der Waals surface area contributed by atoms with Gasteiger partial charge in [0.05, 0.1) is 12.6 Å². The Labute approximate surface area is 90.3 Å². The zero-order valence-corrected chi connectivity index (χ0v) is 9.20. The minimum atomic E-state index is -0.280. The number of primary amides is 1. The quantitative estimate of drug-likeness (QED) is 0.587. The molecule has 5 heteroatoms.